The normalized spacial score (nSPS) is 11.8. The molecule has 0 amide bonds. The van der Waals surface area contributed by atoms with Crippen LogP contribution in [0.15, 0.2) is 12.4 Å². The zero-order chi connectivity index (χ0) is 13.6. The van der Waals surface area contributed by atoms with Crippen molar-refractivity contribution in [1.29, 1.82) is 0 Å². The van der Waals surface area contributed by atoms with Crippen molar-refractivity contribution in [1.82, 2.24) is 9.78 Å². The van der Waals surface area contributed by atoms with E-state index < -0.39 is 12.8 Å². The smallest absolute Gasteiger partial charge is 0.372 e. The van der Waals surface area contributed by atoms with Crippen molar-refractivity contribution in [3.05, 3.63) is 18.0 Å². The maximum Gasteiger partial charge on any atom is 0.411 e. The summed E-state index contributed by atoms with van der Waals surface area (Å²) < 4.78 is 41.3. The van der Waals surface area contributed by atoms with E-state index in [1.54, 1.807) is 17.1 Å². The van der Waals surface area contributed by atoms with Crippen LogP contribution in [0.3, 0.4) is 0 Å². The number of carbonyl (C=O) groups excluding carboxylic acids is 1. The largest absolute Gasteiger partial charge is 0.411 e. The van der Waals surface area contributed by atoms with Gasteiger partial charge < -0.3 is 4.74 Å². The topological polar surface area (TPSA) is 44.1 Å². The van der Waals surface area contributed by atoms with E-state index in [-0.39, 0.29) is 25.2 Å². The molecule has 1 aromatic heterocycles. The van der Waals surface area contributed by atoms with Crippen molar-refractivity contribution in [2.45, 2.75) is 32.5 Å². The number of carbonyl (C=O) groups is 1. The first-order valence-electron chi connectivity index (χ1n) is 5.58. The van der Waals surface area contributed by atoms with E-state index in [1.165, 1.54) is 0 Å². The predicted molar refractivity (Wildman–Crippen MR) is 58.1 cm³/mol. The maximum absolute atomic E-state index is 11.7. The standard InChI is InChI=1S/C11H15F3N2O2/c1-2-16-7-9(6-15-16)5-10(17)3-4-18-8-11(12,13)14/h6-7H,2-5,8H2,1H3. The van der Waals surface area contributed by atoms with Gasteiger partial charge in [-0.1, -0.05) is 0 Å². The van der Waals surface area contributed by atoms with Crippen LogP contribution in [0.5, 0.6) is 0 Å². The van der Waals surface area contributed by atoms with E-state index in [2.05, 4.69) is 9.84 Å². The van der Waals surface area contributed by atoms with Crippen molar-refractivity contribution < 1.29 is 22.7 Å². The number of rotatable bonds is 7. The first kappa shape index (κ1) is 14.7. The number of ketones is 1. The van der Waals surface area contributed by atoms with E-state index in [9.17, 15) is 18.0 Å². The number of nitrogens with zero attached hydrogens (tertiary/aromatic N) is 2. The summed E-state index contributed by atoms with van der Waals surface area (Å²) in [7, 11) is 0. The molecule has 0 aliphatic carbocycles. The Morgan fingerprint density at radius 3 is 2.78 bits per heavy atom. The minimum Gasteiger partial charge on any atom is -0.372 e. The molecule has 0 N–H and O–H groups in total. The third-order valence-corrected chi connectivity index (χ3v) is 2.20. The number of halogens is 3. The summed E-state index contributed by atoms with van der Waals surface area (Å²) in [5.74, 6) is -0.159. The molecule has 1 rings (SSSR count). The molecular formula is C11H15F3N2O2. The lowest BCUT2D eigenvalue weighted by Crippen LogP contribution is -2.18. The van der Waals surface area contributed by atoms with Gasteiger partial charge in [-0.3, -0.25) is 9.48 Å². The van der Waals surface area contributed by atoms with Crippen molar-refractivity contribution in [3.63, 3.8) is 0 Å². The number of ether oxygens (including phenoxy) is 1. The highest BCUT2D eigenvalue weighted by atomic mass is 19.4. The van der Waals surface area contributed by atoms with Crippen molar-refractivity contribution in [2.24, 2.45) is 0 Å². The van der Waals surface area contributed by atoms with E-state index in [1.807, 2.05) is 6.92 Å². The molecule has 1 aromatic rings. The molecule has 0 spiro atoms. The van der Waals surface area contributed by atoms with E-state index >= 15 is 0 Å². The quantitative estimate of drug-likeness (QED) is 0.707. The predicted octanol–water partition coefficient (Wildman–Crippen LogP) is 1.98. The first-order chi connectivity index (χ1) is 8.40. The molecule has 0 bridgehead atoms. The Morgan fingerprint density at radius 2 is 2.22 bits per heavy atom. The molecule has 0 saturated carbocycles. The summed E-state index contributed by atoms with van der Waals surface area (Å²) in [6.07, 6.45) is -0.861. The van der Waals surface area contributed by atoms with Gasteiger partial charge in [0.1, 0.15) is 12.4 Å². The molecule has 102 valence electrons. The molecule has 0 aliphatic heterocycles. The number of aromatic nitrogens is 2. The highest BCUT2D eigenvalue weighted by Gasteiger charge is 2.27. The van der Waals surface area contributed by atoms with Gasteiger partial charge in [0, 0.05) is 25.6 Å². The average Bonchev–Trinajstić information content (AvgIpc) is 2.71. The number of hydrogen-bond donors (Lipinski definition) is 0. The van der Waals surface area contributed by atoms with Gasteiger partial charge in [-0.25, -0.2) is 0 Å². The Morgan fingerprint density at radius 1 is 1.50 bits per heavy atom. The molecule has 4 nitrogen and oxygen atoms in total. The van der Waals surface area contributed by atoms with Gasteiger partial charge in [0.25, 0.3) is 0 Å². The number of Topliss-reactive ketones (excluding diaryl/α,β-unsaturated/α-hetero) is 1. The zero-order valence-corrected chi connectivity index (χ0v) is 10.0. The van der Waals surface area contributed by atoms with Crippen molar-refractivity contribution in [2.75, 3.05) is 13.2 Å². The Bertz CT molecular complexity index is 388. The fourth-order valence-corrected chi connectivity index (χ4v) is 1.36. The van der Waals surface area contributed by atoms with Crippen LogP contribution in [0.2, 0.25) is 0 Å². The molecule has 0 aliphatic rings. The molecule has 0 aromatic carbocycles. The van der Waals surface area contributed by atoms with Gasteiger partial charge in [0.15, 0.2) is 0 Å². The van der Waals surface area contributed by atoms with Crippen LogP contribution in [-0.4, -0.2) is 35.0 Å². The molecule has 0 radical (unpaired) electrons. The van der Waals surface area contributed by atoms with Crippen LogP contribution >= 0.6 is 0 Å². The molecule has 0 unspecified atom stereocenters. The SMILES string of the molecule is CCn1cc(CC(=O)CCOCC(F)(F)F)cn1. The van der Waals surface area contributed by atoms with Crippen LogP contribution in [-0.2, 0) is 22.5 Å². The number of alkyl halides is 3. The average molecular weight is 264 g/mol. The van der Waals surface area contributed by atoms with E-state index in [0.29, 0.717) is 6.54 Å². The second-order valence-electron chi connectivity index (χ2n) is 3.84. The molecule has 1 heterocycles. The van der Waals surface area contributed by atoms with Crippen molar-refractivity contribution >= 4 is 5.78 Å². The lowest BCUT2D eigenvalue weighted by Gasteiger charge is -2.06. The summed E-state index contributed by atoms with van der Waals surface area (Å²) in [5.41, 5.74) is 0.762. The third-order valence-electron chi connectivity index (χ3n) is 2.20. The molecule has 18 heavy (non-hydrogen) atoms. The van der Waals surface area contributed by atoms with E-state index in [0.717, 1.165) is 5.56 Å². The van der Waals surface area contributed by atoms with Gasteiger partial charge in [0.05, 0.1) is 12.8 Å². The summed E-state index contributed by atoms with van der Waals surface area (Å²) in [6.45, 7) is 1.11. The van der Waals surface area contributed by atoms with Crippen molar-refractivity contribution in [3.8, 4) is 0 Å². The Balaban J connectivity index is 2.21. The Kier molecular flexibility index (Phi) is 5.33. The number of hydrogen-bond acceptors (Lipinski definition) is 3. The second-order valence-corrected chi connectivity index (χ2v) is 3.84. The van der Waals surface area contributed by atoms with Gasteiger partial charge in [0.2, 0.25) is 0 Å². The van der Waals surface area contributed by atoms with Gasteiger partial charge in [-0.05, 0) is 12.5 Å². The molecule has 0 saturated heterocycles. The third kappa shape index (κ3) is 5.81. The molecule has 0 fully saturated rings. The van der Waals surface area contributed by atoms with Crippen LogP contribution in [0, 0.1) is 0 Å². The summed E-state index contributed by atoms with van der Waals surface area (Å²) >= 11 is 0. The second kappa shape index (κ2) is 6.53. The minimum atomic E-state index is -4.34. The summed E-state index contributed by atoms with van der Waals surface area (Å²) in [5, 5.41) is 4.00. The van der Waals surface area contributed by atoms with Crippen LogP contribution in [0.4, 0.5) is 13.2 Å². The summed E-state index contributed by atoms with van der Waals surface area (Å²) in [4.78, 5) is 11.4. The number of aryl methyl sites for hydroxylation is 1. The fourth-order valence-electron chi connectivity index (χ4n) is 1.36. The van der Waals surface area contributed by atoms with Crippen LogP contribution in [0.1, 0.15) is 18.9 Å². The maximum atomic E-state index is 11.7. The highest BCUT2D eigenvalue weighted by Crippen LogP contribution is 2.14. The van der Waals surface area contributed by atoms with Gasteiger partial charge in [-0.2, -0.15) is 18.3 Å². The first-order valence-corrected chi connectivity index (χ1v) is 5.58. The van der Waals surface area contributed by atoms with Gasteiger partial charge >= 0.3 is 6.18 Å². The molecule has 0 atom stereocenters. The monoisotopic (exact) mass is 264 g/mol. The van der Waals surface area contributed by atoms with Gasteiger partial charge in [-0.15, -0.1) is 0 Å². The van der Waals surface area contributed by atoms with E-state index in [4.69, 9.17) is 0 Å². The lowest BCUT2D eigenvalue weighted by molar-refractivity contribution is -0.174. The fraction of sp³-hybridized carbons (Fsp3) is 0.636. The zero-order valence-electron chi connectivity index (χ0n) is 10.0. The minimum absolute atomic E-state index is 0.0205. The molecular weight excluding hydrogens is 249 g/mol. The van der Waals surface area contributed by atoms with Crippen LogP contribution in [0.25, 0.3) is 0 Å². The van der Waals surface area contributed by atoms with Crippen LogP contribution < -0.4 is 0 Å². The highest BCUT2D eigenvalue weighted by molar-refractivity contribution is 5.80. The lowest BCUT2D eigenvalue weighted by atomic mass is 10.1. The Labute approximate surface area is 103 Å². The summed E-state index contributed by atoms with van der Waals surface area (Å²) in [6, 6.07) is 0. The Hall–Kier alpha value is -1.37. The molecule has 7 heteroatoms.